The molecule has 0 aliphatic rings. The number of nitrogens with one attached hydrogen (secondary N) is 1. The van der Waals surface area contributed by atoms with Crippen LogP contribution in [0.1, 0.15) is 27.4 Å². The summed E-state index contributed by atoms with van der Waals surface area (Å²) in [7, 11) is 1.85. The van der Waals surface area contributed by atoms with Crippen LogP contribution >= 0.6 is 11.6 Å². The molecule has 3 aromatic rings. The second kappa shape index (κ2) is 7.61. The van der Waals surface area contributed by atoms with E-state index >= 15 is 0 Å². The lowest BCUT2D eigenvalue weighted by Crippen LogP contribution is -2.24. The van der Waals surface area contributed by atoms with Gasteiger partial charge in [-0.05, 0) is 49.7 Å². The molecule has 8 heteroatoms. The number of nitrogens with zero attached hydrogens (tertiary/aromatic N) is 4. The molecule has 1 amide bonds. The average Bonchev–Trinajstić information content (AvgIpc) is 3.20. The average molecular weight is 374 g/mol. The molecule has 0 atom stereocenters. The van der Waals surface area contributed by atoms with Crippen LogP contribution in [0.2, 0.25) is 5.02 Å². The highest BCUT2D eigenvalue weighted by Crippen LogP contribution is 2.21. The van der Waals surface area contributed by atoms with Crippen molar-refractivity contribution in [1.82, 2.24) is 24.9 Å². The van der Waals surface area contributed by atoms with Crippen molar-refractivity contribution in [2.24, 2.45) is 7.05 Å². The predicted molar refractivity (Wildman–Crippen MR) is 98.2 cm³/mol. The fourth-order valence-electron chi connectivity index (χ4n) is 2.49. The Hall–Kier alpha value is -2.80. The van der Waals surface area contributed by atoms with Gasteiger partial charge in [0.1, 0.15) is 11.4 Å². The Labute approximate surface area is 156 Å². The van der Waals surface area contributed by atoms with Crippen LogP contribution in [0.5, 0.6) is 5.75 Å². The van der Waals surface area contributed by atoms with Crippen LogP contribution in [0.4, 0.5) is 0 Å². The SMILES string of the molecule is Cc1cc(CNC(=O)c2ccn(COc3ccc(Cl)c(C)c3)n2)n(C)n1. The molecule has 0 fully saturated rings. The molecule has 2 heterocycles. The van der Waals surface area contributed by atoms with Gasteiger partial charge in [-0.25, -0.2) is 4.68 Å². The first-order chi connectivity index (χ1) is 12.4. The first-order valence-electron chi connectivity index (χ1n) is 8.12. The largest absolute Gasteiger partial charge is 0.471 e. The molecule has 0 unspecified atom stereocenters. The lowest BCUT2D eigenvalue weighted by Gasteiger charge is -2.07. The number of hydrogen-bond donors (Lipinski definition) is 1. The van der Waals surface area contributed by atoms with Crippen LogP contribution in [0.25, 0.3) is 0 Å². The Morgan fingerprint density at radius 2 is 2.04 bits per heavy atom. The third-order valence-corrected chi connectivity index (χ3v) is 4.32. The van der Waals surface area contributed by atoms with Gasteiger partial charge in [0.15, 0.2) is 6.73 Å². The first kappa shape index (κ1) is 18.0. The lowest BCUT2D eigenvalue weighted by molar-refractivity contribution is 0.0943. The third-order valence-electron chi connectivity index (χ3n) is 3.90. The van der Waals surface area contributed by atoms with Gasteiger partial charge in [-0.3, -0.25) is 9.48 Å². The molecule has 0 bridgehead atoms. The van der Waals surface area contributed by atoms with Crippen molar-refractivity contribution in [3.8, 4) is 5.75 Å². The minimum atomic E-state index is -0.245. The van der Waals surface area contributed by atoms with E-state index in [2.05, 4.69) is 15.5 Å². The van der Waals surface area contributed by atoms with Crippen LogP contribution in [-0.4, -0.2) is 25.5 Å². The second-order valence-corrected chi connectivity index (χ2v) is 6.42. The highest BCUT2D eigenvalue weighted by atomic mass is 35.5. The third kappa shape index (κ3) is 4.23. The monoisotopic (exact) mass is 373 g/mol. The fraction of sp³-hybridized carbons (Fsp3) is 0.278. The predicted octanol–water partition coefficient (Wildman–Crippen LogP) is 2.85. The van der Waals surface area contributed by atoms with Gasteiger partial charge in [0.05, 0.1) is 17.9 Å². The zero-order chi connectivity index (χ0) is 18.7. The van der Waals surface area contributed by atoms with E-state index in [-0.39, 0.29) is 12.6 Å². The minimum absolute atomic E-state index is 0.204. The molecule has 1 N–H and O–H groups in total. The number of amides is 1. The number of rotatable bonds is 6. The highest BCUT2D eigenvalue weighted by Gasteiger charge is 2.11. The summed E-state index contributed by atoms with van der Waals surface area (Å²) in [5.41, 5.74) is 3.11. The summed E-state index contributed by atoms with van der Waals surface area (Å²) in [4.78, 5) is 12.2. The van der Waals surface area contributed by atoms with Crippen molar-refractivity contribution in [3.63, 3.8) is 0 Å². The second-order valence-electron chi connectivity index (χ2n) is 6.01. The molecule has 0 spiro atoms. The van der Waals surface area contributed by atoms with Gasteiger partial charge >= 0.3 is 0 Å². The number of ether oxygens (including phenoxy) is 1. The molecule has 0 aliphatic carbocycles. The van der Waals surface area contributed by atoms with Gasteiger partial charge in [-0.2, -0.15) is 10.2 Å². The van der Waals surface area contributed by atoms with E-state index in [1.807, 2.05) is 33.0 Å². The Morgan fingerprint density at radius 3 is 2.73 bits per heavy atom. The van der Waals surface area contributed by atoms with Crippen LogP contribution in [0.15, 0.2) is 36.5 Å². The van der Waals surface area contributed by atoms with Gasteiger partial charge in [-0.1, -0.05) is 11.6 Å². The summed E-state index contributed by atoms with van der Waals surface area (Å²) in [5, 5.41) is 12.0. The molecule has 0 aliphatic heterocycles. The van der Waals surface area contributed by atoms with Crippen LogP contribution < -0.4 is 10.1 Å². The minimum Gasteiger partial charge on any atom is -0.471 e. The number of benzene rings is 1. The first-order valence-corrected chi connectivity index (χ1v) is 8.50. The molecule has 136 valence electrons. The summed E-state index contributed by atoms with van der Waals surface area (Å²) in [6.07, 6.45) is 1.70. The molecular weight excluding hydrogens is 354 g/mol. The van der Waals surface area contributed by atoms with E-state index in [4.69, 9.17) is 16.3 Å². The maximum atomic E-state index is 12.2. The summed E-state index contributed by atoms with van der Waals surface area (Å²) in [5.74, 6) is 0.449. The Balaban J connectivity index is 1.55. The molecule has 2 aromatic heterocycles. The molecule has 0 saturated heterocycles. The van der Waals surface area contributed by atoms with Crippen molar-refractivity contribution in [1.29, 1.82) is 0 Å². The van der Waals surface area contributed by atoms with E-state index in [9.17, 15) is 4.79 Å². The van der Waals surface area contributed by atoms with Gasteiger partial charge in [0.25, 0.3) is 5.91 Å². The van der Waals surface area contributed by atoms with Gasteiger partial charge in [0.2, 0.25) is 0 Å². The van der Waals surface area contributed by atoms with Gasteiger partial charge in [-0.15, -0.1) is 0 Å². The van der Waals surface area contributed by atoms with Crippen LogP contribution in [0, 0.1) is 13.8 Å². The Morgan fingerprint density at radius 1 is 1.23 bits per heavy atom. The molecular formula is C18H20ClN5O2. The highest BCUT2D eigenvalue weighted by molar-refractivity contribution is 6.31. The number of halogens is 1. The van der Waals surface area contributed by atoms with Crippen molar-refractivity contribution in [3.05, 3.63) is 64.2 Å². The molecule has 3 rings (SSSR count). The van der Waals surface area contributed by atoms with Crippen molar-refractivity contribution in [2.45, 2.75) is 27.1 Å². The van der Waals surface area contributed by atoms with E-state index in [0.717, 1.165) is 17.0 Å². The topological polar surface area (TPSA) is 74.0 Å². The molecule has 0 saturated carbocycles. The standard InChI is InChI=1S/C18H20ClN5O2/c1-12-8-15(4-5-16(12)19)26-11-24-7-6-17(22-24)18(25)20-10-14-9-13(2)21-23(14)3/h4-9H,10-11H2,1-3H3,(H,20,25). The summed E-state index contributed by atoms with van der Waals surface area (Å²) >= 11 is 6.00. The number of carbonyl (C=O) groups excluding carboxylic acids is 1. The maximum Gasteiger partial charge on any atom is 0.272 e. The smallest absolute Gasteiger partial charge is 0.272 e. The summed E-state index contributed by atoms with van der Waals surface area (Å²) in [6, 6.07) is 9.02. The summed E-state index contributed by atoms with van der Waals surface area (Å²) < 4.78 is 8.98. The Kier molecular flexibility index (Phi) is 5.27. The number of aryl methyl sites for hydroxylation is 3. The van der Waals surface area contributed by atoms with Crippen LogP contribution in [-0.2, 0) is 20.3 Å². The van der Waals surface area contributed by atoms with Crippen molar-refractivity contribution >= 4 is 17.5 Å². The van der Waals surface area contributed by atoms with Crippen LogP contribution in [0.3, 0.4) is 0 Å². The number of hydrogen-bond acceptors (Lipinski definition) is 4. The fourth-order valence-corrected chi connectivity index (χ4v) is 2.61. The molecule has 7 nitrogen and oxygen atoms in total. The van der Waals surface area contributed by atoms with Gasteiger partial charge < -0.3 is 10.1 Å². The van der Waals surface area contributed by atoms with E-state index in [0.29, 0.717) is 23.0 Å². The number of carbonyl (C=O) groups is 1. The summed E-state index contributed by atoms with van der Waals surface area (Å²) in [6.45, 7) is 4.42. The zero-order valence-electron chi connectivity index (χ0n) is 14.9. The quantitative estimate of drug-likeness (QED) is 0.721. The molecule has 26 heavy (non-hydrogen) atoms. The van der Waals surface area contributed by atoms with Gasteiger partial charge in [0, 0.05) is 18.3 Å². The van der Waals surface area contributed by atoms with Crippen molar-refractivity contribution < 1.29 is 9.53 Å². The maximum absolute atomic E-state index is 12.2. The zero-order valence-corrected chi connectivity index (χ0v) is 15.6. The van der Waals surface area contributed by atoms with E-state index in [1.165, 1.54) is 0 Å². The number of aromatic nitrogens is 4. The molecule has 1 aromatic carbocycles. The molecule has 0 radical (unpaired) electrons. The van der Waals surface area contributed by atoms with Crippen molar-refractivity contribution in [2.75, 3.05) is 0 Å². The van der Waals surface area contributed by atoms with E-state index in [1.54, 1.807) is 33.8 Å². The van der Waals surface area contributed by atoms with E-state index < -0.39 is 0 Å². The Bertz CT molecular complexity index is 932. The normalized spacial score (nSPS) is 10.8. The lowest BCUT2D eigenvalue weighted by atomic mass is 10.2.